The monoisotopic (exact) mass is 237 g/mol. The first kappa shape index (κ1) is 13.7. The average Bonchev–Trinajstić information content (AvgIpc) is 2.38. The van der Waals surface area contributed by atoms with E-state index in [4.69, 9.17) is 9.94 Å². The van der Waals surface area contributed by atoms with Gasteiger partial charge < -0.3 is 14.7 Å². The van der Waals surface area contributed by atoms with E-state index in [9.17, 15) is 4.79 Å². The van der Waals surface area contributed by atoms with E-state index >= 15 is 0 Å². The van der Waals surface area contributed by atoms with Gasteiger partial charge in [0.15, 0.2) is 0 Å². The zero-order chi connectivity index (χ0) is 12.5. The lowest BCUT2D eigenvalue weighted by Gasteiger charge is -2.10. The third kappa shape index (κ3) is 4.54. The van der Waals surface area contributed by atoms with Gasteiger partial charge in [0.05, 0.1) is 6.61 Å². The molecule has 0 spiro atoms. The molecule has 17 heavy (non-hydrogen) atoms. The van der Waals surface area contributed by atoms with Crippen LogP contribution >= 0.6 is 0 Å². The summed E-state index contributed by atoms with van der Waals surface area (Å²) < 4.78 is 5.54. The van der Waals surface area contributed by atoms with Crippen LogP contribution in [-0.2, 0) is 4.79 Å². The molecule has 1 unspecified atom stereocenters. The fraction of sp³-hybridized carbons (Fsp3) is 0.462. The van der Waals surface area contributed by atoms with E-state index in [0.29, 0.717) is 18.5 Å². The van der Waals surface area contributed by atoms with Crippen molar-refractivity contribution in [3.05, 3.63) is 29.8 Å². The molecule has 1 aromatic rings. The van der Waals surface area contributed by atoms with E-state index in [1.165, 1.54) is 12.8 Å². The van der Waals surface area contributed by atoms with Crippen molar-refractivity contribution >= 4 is 6.29 Å². The van der Waals surface area contributed by atoms with Gasteiger partial charge in [0.1, 0.15) is 18.1 Å². The minimum Gasteiger partial charge on any atom is -0.494 e. The topological polar surface area (TPSA) is 58.6 Å². The Hall–Kier alpha value is -1.39. The Morgan fingerprint density at radius 1 is 1.35 bits per heavy atom. The molecule has 0 aliphatic carbocycles. The lowest BCUT2D eigenvalue weighted by Crippen LogP contribution is -2.17. The summed E-state index contributed by atoms with van der Waals surface area (Å²) in [4.78, 5) is 10.6. The number of hydrogen-bond acceptors (Lipinski definition) is 4. The fourth-order valence-electron chi connectivity index (χ4n) is 1.50. The Labute approximate surface area is 102 Å². The van der Waals surface area contributed by atoms with Crippen molar-refractivity contribution in [2.24, 2.45) is 0 Å². The highest BCUT2D eigenvalue weighted by atomic mass is 16.5. The van der Waals surface area contributed by atoms with E-state index in [1.54, 1.807) is 24.3 Å². The van der Waals surface area contributed by atoms with Gasteiger partial charge in [-0.1, -0.05) is 31.9 Å². The summed E-state index contributed by atoms with van der Waals surface area (Å²) in [6, 6.07) is 6.45. The molecule has 0 bridgehead atoms. The van der Waals surface area contributed by atoms with E-state index in [1.807, 2.05) is 5.48 Å². The first-order chi connectivity index (χ1) is 8.31. The minimum absolute atomic E-state index is 0.650. The highest BCUT2D eigenvalue weighted by Gasteiger charge is 2.07. The van der Waals surface area contributed by atoms with Crippen LogP contribution in [0.5, 0.6) is 5.75 Å². The third-order valence-electron chi connectivity index (χ3n) is 2.53. The molecule has 0 saturated carbocycles. The van der Waals surface area contributed by atoms with Crippen molar-refractivity contribution in [1.29, 1.82) is 0 Å². The quantitative estimate of drug-likeness (QED) is 0.414. The fourth-order valence-corrected chi connectivity index (χ4v) is 1.50. The number of nitrogens with one attached hydrogen (secondary N) is 1. The molecule has 1 aromatic carbocycles. The Bertz CT molecular complexity index is 324. The van der Waals surface area contributed by atoms with Crippen molar-refractivity contribution in [3.63, 3.8) is 0 Å². The first-order valence-electron chi connectivity index (χ1n) is 5.89. The van der Waals surface area contributed by atoms with Crippen LogP contribution in [-0.4, -0.2) is 18.1 Å². The maximum Gasteiger partial charge on any atom is 0.143 e. The number of carbonyl (C=O) groups excluding carboxylic acids is 1. The molecule has 0 fully saturated rings. The summed E-state index contributed by atoms with van der Waals surface area (Å²) in [6.07, 6.45) is 4.04. The normalized spacial score (nSPS) is 12.1. The number of unbranched alkanes of at least 4 members (excludes halogenated alkanes) is 2. The Morgan fingerprint density at radius 2 is 2.06 bits per heavy atom. The number of aldehydes is 1. The molecule has 0 aliphatic heterocycles. The molecule has 1 atom stereocenters. The molecular weight excluding hydrogens is 218 g/mol. The number of rotatable bonds is 8. The lowest BCUT2D eigenvalue weighted by atomic mass is 10.1. The van der Waals surface area contributed by atoms with Gasteiger partial charge in [-0.2, -0.15) is 5.48 Å². The Morgan fingerprint density at radius 3 is 2.59 bits per heavy atom. The van der Waals surface area contributed by atoms with Crippen LogP contribution in [0.15, 0.2) is 24.3 Å². The summed E-state index contributed by atoms with van der Waals surface area (Å²) in [5.41, 5.74) is 2.65. The van der Waals surface area contributed by atoms with E-state index in [-0.39, 0.29) is 0 Å². The molecule has 0 heterocycles. The maximum atomic E-state index is 10.6. The van der Waals surface area contributed by atoms with Crippen molar-refractivity contribution in [2.75, 3.05) is 6.61 Å². The number of carbonyl (C=O) groups is 1. The van der Waals surface area contributed by atoms with Gasteiger partial charge in [0.25, 0.3) is 0 Å². The van der Waals surface area contributed by atoms with Gasteiger partial charge in [0.2, 0.25) is 0 Å². The zero-order valence-corrected chi connectivity index (χ0v) is 10.1. The van der Waals surface area contributed by atoms with Gasteiger partial charge in [-0.25, -0.2) is 0 Å². The van der Waals surface area contributed by atoms with Crippen LogP contribution in [0.2, 0.25) is 0 Å². The molecule has 0 aliphatic rings. The average molecular weight is 237 g/mol. The summed E-state index contributed by atoms with van der Waals surface area (Å²) >= 11 is 0. The van der Waals surface area contributed by atoms with Crippen LogP contribution in [0.4, 0.5) is 0 Å². The molecule has 0 aromatic heterocycles. The third-order valence-corrected chi connectivity index (χ3v) is 2.53. The smallest absolute Gasteiger partial charge is 0.143 e. The van der Waals surface area contributed by atoms with Gasteiger partial charge in [-0.15, -0.1) is 0 Å². The zero-order valence-electron chi connectivity index (χ0n) is 10.1. The van der Waals surface area contributed by atoms with E-state index in [0.717, 1.165) is 12.2 Å². The predicted octanol–water partition coefficient (Wildman–Crippen LogP) is 2.47. The van der Waals surface area contributed by atoms with Crippen molar-refractivity contribution < 1.29 is 14.7 Å². The molecule has 0 amide bonds. The van der Waals surface area contributed by atoms with Crippen LogP contribution in [0, 0.1) is 0 Å². The van der Waals surface area contributed by atoms with Crippen LogP contribution in [0.3, 0.4) is 0 Å². The SMILES string of the molecule is CCCCCOc1ccc(C(C=O)NO)cc1. The van der Waals surface area contributed by atoms with E-state index < -0.39 is 6.04 Å². The Kier molecular flexibility index (Phi) is 6.29. The van der Waals surface area contributed by atoms with Gasteiger partial charge >= 0.3 is 0 Å². The number of ether oxygens (including phenoxy) is 1. The summed E-state index contributed by atoms with van der Waals surface area (Å²) in [5, 5.41) is 8.74. The number of hydrogen-bond donors (Lipinski definition) is 2. The van der Waals surface area contributed by atoms with Gasteiger partial charge in [-0.3, -0.25) is 0 Å². The molecule has 4 nitrogen and oxygen atoms in total. The van der Waals surface area contributed by atoms with Crippen molar-refractivity contribution in [3.8, 4) is 5.75 Å². The minimum atomic E-state index is -0.677. The molecule has 1 rings (SSSR count). The molecule has 4 heteroatoms. The van der Waals surface area contributed by atoms with Gasteiger partial charge in [-0.05, 0) is 24.1 Å². The predicted molar refractivity (Wildman–Crippen MR) is 65.2 cm³/mol. The highest BCUT2D eigenvalue weighted by molar-refractivity contribution is 5.61. The lowest BCUT2D eigenvalue weighted by molar-refractivity contribution is -0.111. The number of hydroxylamine groups is 1. The molecule has 94 valence electrons. The summed E-state index contributed by atoms with van der Waals surface area (Å²) in [7, 11) is 0. The second-order valence-corrected chi connectivity index (χ2v) is 3.87. The molecule has 0 radical (unpaired) electrons. The van der Waals surface area contributed by atoms with Gasteiger partial charge in [0, 0.05) is 0 Å². The van der Waals surface area contributed by atoms with Crippen LogP contribution in [0.1, 0.15) is 37.8 Å². The van der Waals surface area contributed by atoms with Crippen molar-refractivity contribution in [1.82, 2.24) is 5.48 Å². The Balaban J connectivity index is 2.47. The summed E-state index contributed by atoms with van der Waals surface area (Å²) in [5.74, 6) is 0.785. The second kappa shape index (κ2) is 7.81. The second-order valence-electron chi connectivity index (χ2n) is 3.87. The first-order valence-corrected chi connectivity index (χ1v) is 5.89. The van der Waals surface area contributed by atoms with Crippen LogP contribution in [0.25, 0.3) is 0 Å². The highest BCUT2D eigenvalue weighted by Crippen LogP contribution is 2.16. The molecular formula is C13H19NO3. The maximum absolute atomic E-state index is 10.6. The largest absolute Gasteiger partial charge is 0.494 e. The van der Waals surface area contributed by atoms with E-state index in [2.05, 4.69) is 6.92 Å². The van der Waals surface area contributed by atoms with Crippen LogP contribution < -0.4 is 10.2 Å². The molecule has 0 saturated heterocycles. The van der Waals surface area contributed by atoms with Crippen molar-refractivity contribution in [2.45, 2.75) is 32.2 Å². The standard InChI is InChI=1S/C13H19NO3/c1-2-3-4-9-17-12-7-5-11(6-8-12)13(10-15)14-16/h5-8,10,13-14,16H,2-4,9H2,1H3. The summed E-state index contributed by atoms with van der Waals surface area (Å²) in [6.45, 7) is 2.86. The molecule has 2 N–H and O–H groups in total. The number of benzene rings is 1.